The summed E-state index contributed by atoms with van der Waals surface area (Å²) in [6.07, 6.45) is -2.37. The van der Waals surface area contributed by atoms with Gasteiger partial charge in [-0.2, -0.15) is 13.2 Å². The molecule has 1 aliphatic rings. The lowest BCUT2D eigenvalue weighted by molar-refractivity contribution is -0.139. The largest absolute Gasteiger partial charge is 0.417 e. The topological polar surface area (TPSA) is 79.4 Å². The molecule has 0 atom stereocenters. The molecule has 3 aromatic rings. The molecule has 0 aliphatic carbocycles. The second-order valence-corrected chi connectivity index (χ2v) is 10.8. The summed E-state index contributed by atoms with van der Waals surface area (Å²) in [5, 5.41) is 0.255. The van der Waals surface area contributed by atoms with Gasteiger partial charge in [-0.3, -0.25) is 4.79 Å². The number of carbonyl (C=O) groups is 1. The smallest absolute Gasteiger partial charge is 0.338 e. The van der Waals surface area contributed by atoms with Crippen molar-refractivity contribution in [2.75, 3.05) is 13.1 Å². The van der Waals surface area contributed by atoms with Crippen molar-refractivity contribution >= 4 is 27.5 Å². The van der Waals surface area contributed by atoms with Crippen molar-refractivity contribution in [2.24, 2.45) is 0 Å². The number of hydrogen-bond donors (Lipinski definition) is 1. The molecule has 2 aromatic carbocycles. The first-order chi connectivity index (χ1) is 17.5. The lowest BCUT2D eigenvalue weighted by Crippen LogP contribution is -2.46. The van der Waals surface area contributed by atoms with Gasteiger partial charge in [0.15, 0.2) is 0 Å². The van der Waals surface area contributed by atoms with Gasteiger partial charge in [-0.05, 0) is 60.2 Å². The maximum Gasteiger partial charge on any atom is 0.417 e. The highest BCUT2D eigenvalue weighted by Crippen LogP contribution is 2.38. The maximum atomic E-state index is 14.0. The van der Waals surface area contributed by atoms with E-state index in [0.29, 0.717) is 23.1 Å². The number of aromatic nitrogens is 1. The number of likely N-dealkylation sites (tertiary alicyclic amines) is 1. The Bertz CT molecular complexity index is 1390. The molecule has 196 valence electrons. The molecular formula is C26H25ClF3N3O3S. The minimum Gasteiger partial charge on any atom is -0.338 e. The molecule has 1 aliphatic heterocycles. The van der Waals surface area contributed by atoms with E-state index >= 15 is 0 Å². The van der Waals surface area contributed by atoms with E-state index in [2.05, 4.69) is 9.71 Å². The molecule has 2 heterocycles. The van der Waals surface area contributed by atoms with Crippen LogP contribution in [0.2, 0.25) is 5.15 Å². The third-order valence-electron chi connectivity index (χ3n) is 6.36. The van der Waals surface area contributed by atoms with Crippen LogP contribution in [0.4, 0.5) is 13.2 Å². The van der Waals surface area contributed by atoms with Crippen LogP contribution in [-0.4, -0.2) is 43.3 Å². The second-order valence-electron chi connectivity index (χ2n) is 8.78. The summed E-state index contributed by atoms with van der Waals surface area (Å²) in [4.78, 5) is 17.3. The van der Waals surface area contributed by atoms with Gasteiger partial charge in [0.05, 0.1) is 16.0 Å². The van der Waals surface area contributed by atoms with Crippen LogP contribution in [0.15, 0.2) is 65.7 Å². The van der Waals surface area contributed by atoms with E-state index in [0.717, 1.165) is 17.7 Å². The number of carbonyl (C=O) groups excluding carboxylic acids is 1. The van der Waals surface area contributed by atoms with E-state index in [1.165, 1.54) is 18.3 Å². The third kappa shape index (κ3) is 6.14. The number of alkyl halides is 3. The minimum absolute atomic E-state index is 0.244. The van der Waals surface area contributed by atoms with Crippen LogP contribution in [-0.2, 0) is 22.6 Å². The van der Waals surface area contributed by atoms with Gasteiger partial charge in [-0.15, -0.1) is 0 Å². The van der Waals surface area contributed by atoms with Crippen LogP contribution in [0, 0.1) is 0 Å². The number of aryl methyl sites for hydroxylation is 1. The Morgan fingerprint density at radius 2 is 1.81 bits per heavy atom. The fourth-order valence-corrected chi connectivity index (χ4v) is 6.06. The van der Waals surface area contributed by atoms with Crippen LogP contribution in [0.3, 0.4) is 0 Å². The first-order valence-corrected chi connectivity index (χ1v) is 13.6. The molecule has 1 fully saturated rings. The molecule has 1 amide bonds. The van der Waals surface area contributed by atoms with Crippen LogP contribution < -0.4 is 4.72 Å². The van der Waals surface area contributed by atoms with Gasteiger partial charge >= 0.3 is 6.18 Å². The summed E-state index contributed by atoms with van der Waals surface area (Å²) in [6, 6.07) is 12.8. The fourth-order valence-electron chi connectivity index (χ4n) is 4.43. The van der Waals surface area contributed by atoms with Crippen LogP contribution >= 0.6 is 11.6 Å². The Labute approximate surface area is 218 Å². The Hall–Kier alpha value is -2.95. The molecule has 0 unspecified atom stereocenters. The Morgan fingerprint density at radius 1 is 1.11 bits per heavy atom. The molecule has 0 spiro atoms. The van der Waals surface area contributed by atoms with Crippen LogP contribution in [0.25, 0.3) is 11.1 Å². The van der Waals surface area contributed by atoms with Crippen molar-refractivity contribution in [3.8, 4) is 11.1 Å². The normalized spacial score (nSPS) is 15.1. The molecule has 4 rings (SSSR count). The molecule has 37 heavy (non-hydrogen) atoms. The summed E-state index contributed by atoms with van der Waals surface area (Å²) in [5.41, 5.74) is 0.918. The molecule has 0 bridgehead atoms. The highest BCUT2D eigenvalue weighted by atomic mass is 35.5. The quantitative estimate of drug-likeness (QED) is 0.406. The Kier molecular flexibility index (Phi) is 7.91. The number of piperidine rings is 1. The lowest BCUT2D eigenvalue weighted by Gasteiger charge is -2.32. The number of amides is 1. The molecular weight excluding hydrogens is 527 g/mol. The molecule has 0 saturated carbocycles. The average molecular weight is 552 g/mol. The Morgan fingerprint density at radius 3 is 2.43 bits per heavy atom. The monoisotopic (exact) mass is 551 g/mol. The number of rotatable bonds is 6. The second kappa shape index (κ2) is 10.8. The SMILES string of the molecule is CCc1ccccc1-c1ccc(S(=O)(=O)NC2CCN(C(=O)c3ccc(Cl)nc3)CC2)c(C(F)(F)F)c1. The van der Waals surface area contributed by atoms with E-state index in [1.54, 1.807) is 29.2 Å². The number of halogens is 4. The number of pyridine rings is 1. The average Bonchev–Trinajstić information content (AvgIpc) is 2.88. The molecule has 0 radical (unpaired) electrons. The minimum atomic E-state index is -4.87. The van der Waals surface area contributed by atoms with Crippen LogP contribution in [0.5, 0.6) is 0 Å². The zero-order chi connectivity index (χ0) is 26.8. The van der Waals surface area contributed by atoms with Gasteiger partial charge in [0.25, 0.3) is 5.91 Å². The van der Waals surface area contributed by atoms with Gasteiger partial charge in [-0.25, -0.2) is 18.1 Å². The van der Waals surface area contributed by atoms with Crippen LogP contribution in [0.1, 0.15) is 41.3 Å². The first kappa shape index (κ1) is 27.1. The molecule has 1 aromatic heterocycles. The Balaban J connectivity index is 1.52. The van der Waals surface area contributed by atoms with E-state index in [9.17, 15) is 26.4 Å². The van der Waals surface area contributed by atoms with Crippen molar-refractivity contribution in [2.45, 2.75) is 43.3 Å². The lowest BCUT2D eigenvalue weighted by atomic mass is 9.97. The van der Waals surface area contributed by atoms with Crippen molar-refractivity contribution in [1.82, 2.24) is 14.6 Å². The van der Waals surface area contributed by atoms with Gasteiger partial charge in [0.1, 0.15) is 5.15 Å². The summed E-state index contributed by atoms with van der Waals surface area (Å²) in [5.74, 6) is -0.271. The molecule has 6 nitrogen and oxygen atoms in total. The van der Waals surface area contributed by atoms with E-state index in [4.69, 9.17) is 11.6 Å². The summed E-state index contributed by atoms with van der Waals surface area (Å²) >= 11 is 5.75. The predicted octanol–water partition coefficient (Wildman–Crippen LogP) is 5.57. The van der Waals surface area contributed by atoms with Crippen molar-refractivity contribution < 1.29 is 26.4 Å². The van der Waals surface area contributed by atoms with Crippen molar-refractivity contribution in [1.29, 1.82) is 0 Å². The number of hydrogen-bond acceptors (Lipinski definition) is 4. The number of nitrogens with zero attached hydrogens (tertiary/aromatic N) is 2. The van der Waals surface area contributed by atoms with Gasteiger partial charge < -0.3 is 4.90 Å². The highest BCUT2D eigenvalue weighted by molar-refractivity contribution is 7.89. The van der Waals surface area contributed by atoms with Crippen molar-refractivity contribution in [3.63, 3.8) is 0 Å². The summed E-state index contributed by atoms with van der Waals surface area (Å²) in [6.45, 7) is 2.39. The molecule has 11 heteroatoms. The summed E-state index contributed by atoms with van der Waals surface area (Å²) in [7, 11) is -4.48. The third-order valence-corrected chi connectivity index (χ3v) is 8.16. The maximum absolute atomic E-state index is 14.0. The van der Waals surface area contributed by atoms with Crippen molar-refractivity contribution in [3.05, 3.63) is 82.6 Å². The zero-order valence-electron chi connectivity index (χ0n) is 19.9. The molecule has 1 saturated heterocycles. The van der Waals surface area contributed by atoms with E-state index < -0.39 is 32.7 Å². The number of sulfonamides is 1. The van der Waals surface area contributed by atoms with Gasteiger partial charge in [-0.1, -0.05) is 48.9 Å². The van der Waals surface area contributed by atoms with Gasteiger partial charge in [0, 0.05) is 25.3 Å². The number of benzene rings is 2. The highest BCUT2D eigenvalue weighted by Gasteiger charge is 2.38. The first-order valence-electron chi connectivity index (χ1n) is 11.7. The van der Waals surface area contributed by atoms with E-state index in [-0.39, 0.29) is 37.0 Å². The zero-order valence-corrected chi connectivity index (χ0v) is 21.5. The van der Waals surface area contributed by atoms with Gasteiger partial charge in [0.2, 0.25) is 10.0 Å². The number of nitrogens with one attached hydrogen (secondary N) is 1. The fraction of sp³-hybridized carbons (Fsp3) is 0.308. The standard InChI is InChI=1S/C26H25ClF3N3O3S/c1-2-17-5-3-4-6-21(17)18-7-9-23(22(15-18)26(28,29)30)37(35,36)32-20-11-13-33(14-12-20)25(34)19-8-10-24(27)31-16-19/h3-10,15-16,20,32H,2,11-14H2,1H3. The predicted molar refractivity (Wildman–Crippen MR) is 135 cm³/mol. The van der Waals surface area contributed by atoms with E-state index in [1.807, 2.05) is 13.0 Å². The summed E-state index contributed by atoms with van der Waals surface area (Å²) < 4.78 is 70.6. The molecule has 1 N–H and O–H groups in total.